The highest BCUT2D eigenvalue weighted by molar-refractivity contribution is 6.28. The van der Waals surface area contributed by atoms with Crippen LogP contribution in [0.1, 0.15) is 26.6 Å². The molecule has 0 amide bonds. The number of rotatable bonds is 3. The molecule has 2 rings (SSSR count). The van der Waals surface area contributed by atoms with Gasteiger partial charge in [-0.1, -0.05) is 20.8 Å². The number of ether oxygens (including phenoxy) is 1. The molecule has 1 aromatic carbocycles. The Kier molecular flexibility index (Phi) is 3.94. The van der Waals surface area contributed by atoms with Gasteiger partial charge in [-0.3, -0.25) is 4.57 Å². The maximum absolute atomic E-state index is 12.1. The van der Waals surface area contributed by atoms with E-state index in [9.17, 15) is 8.78 Å². The summed E-state index contributed by atoms with van der Waals surface area (Å²) in [5.74, 6) is 0.773. The lowest BCUT2D eigenvalue weighted by Crippen LogP contribution is -2.18. The molecule has 7 heteroatoms. The minimum absolute atomic E-state index is 0.0882. The summed E-state index contributed by atoms with van der Waals surface area (Å²) in [6.45, 7) is 3.11. The molecule has 0 aliphatic carbocycles. The average molecular weight is 302 g/mol. The summed E-state index contributed by atoms with van der Waals surface area (Å²) in [6, 6.07) is 6.15. The highest BCUT2D eigenvalue weighted by atomic mass is 35.5. The molecule has 20 heavy (non-hydrogen) atoms. The lowest BCUT2D eigenvalue weighted by atomic mass is 9.95. The first-order valence-corrected chi connectivity index (χ1v) is 6.33. The van der Waals surface area contributed by atoms with Crippen molar-refractivity contribution in [2.24, 2.45) is 0 Å². The van der Waals surface area contributed by atoms with Crippen molar-refractivity contribution < 1.29 is 13.5 Å². The molecule has 0 fully saturated rings. The van der Waals surface area contributed by atoms with Gasteiger partial charge in [-0.2, -0.15) is 8.78 Å². The maximum atomic E-state index is 12.1. The summed E-state index contributed by atoms with van der Waals surface area (Å²) in [4.78, 5) is 0. The zero-order valence-electron chi connectivity index (χ0n) is 11.3. The molecular weight excluding hydrogens is 288 g/mol. The van der Waals surface area contributed by atoms with Crippen LogP contribution in [0.15, 0.2) is 24.3 Å². The van der Waals surface area contributed by atoms with Crippen LogP contribution in [-0.2, 0) is 5.41 Å². The van der Waals surface area contributed by atoms with E-state index in [4.69, 9.17) is 11.6 Å². The van der Waals surface area contributed by atoms with Crippen LogP contribution >= 0.6 is 11.6 Å². The predicted molar refractivity (Wildman–Crippen MR) is 71.7 cm³/mol. The Morgan fingerprint density at radius 1 is 1.15 bits per heavy atom. The van der Waals surface area contributed by atoms with Crippen LogP contribution in [0.3, 0.4) is 0 Å². The van der Waals surface area contributed by atoms with Gasteiger partial charge in [0.05, 0.1) is 5.69 Å². The first-order valence-electron chi connectivity index (χ1n) is 5.95. The predicted octanol–water partition coefficient (Wildman–Crippen LogP) is 3.82. The van der Waals surface area contributed by atoms with Crippen LogP contribution in [0, 0.1) is 0 Å². The fourth-order valence-electron chi connectivity index (χ4n) is 1.76. The standard InChI is InChI=1S/C13H14ClF2N3O/c1-13(2,3)10-17-18-11(14)19(10)8-4-6-9(7-5-8)20-12(15)16/h4-7,12H,1-3H3. The molecule has 1 heterocycles. The molecule has 2 aromatic rings. The second-order valence-corrected chi connectivity index (χ2v) is 5.59. The van der Waals surface area contributed by atoms with Gasteiger partial charge >= 0.3 is 6.61 Å². The summed E-state index contributed by atoms with van der Waals surface area (Å²) in [5, 5.41) is 8.14. The minimum atomic E-state index is -2.84. The van der Waals surface area contributed by atoms with Crippen molar-refractivity contribution in [1.29, 1.82) is 0 Å². The third kappa shape index (κ3) is 3.07. The average Bonchev–Trinajstić information content (AvgIpc) is 2.71. The van der Waals surface area contributed by atoms with E-state index >= 15 is 0 Å². The third-order valence-electron chi connectivity index (χ3n) is 2.61. The van der Waals surface area contributed by atoms with E-state index in [0.29, 0.717) is 11.5 Å². The van der Waals surface area contributed by atoms with E-state index in [-0.39, 0.29) is 16.4 Å². The van der Waals surface area contributed by atoms with Crippen LogP contribution in [0.5, 0.6) is 5.75 Å². The number of alkyl halides is 2. The molecule has 0 spiro atoms. The molecule has 0 unspecified atom stereocenters. The van der Waals surface area contributed by atoms with Gasteiger partial charge in [-0.25, -0.2) is 0 Å². The lowest BCUT2D eigenvalue weighted by Gasteiger charge is -2.19. The Hall–Kier alpha value is -1.69. The van der Waals surface area contributed by atoms with Gasteiger partial charge in [-0.05, 0) is 35.9 Å². The van der Waals surface area contributed by atoms with Crippen molar-refractivity contribution in [2.45, 2.75) is 32.8 Å². The Bertz CT molecular complexity index is 591. The number of halogens is 3. The van der Waals surface area contributed by atoms with Crippen molar-refractivity contribution in [3.05, 3.63) is 35.4 Å². The summed E-state index contributed by atoms with van der Waals surface area (Å²) in [5.41, 5.74) is 0.435. The SMILES string of the molecule is CC(C)(C)c1nnc(Cl)n1-c1ccc(OC(F)F)cc1. The lowest BCUT2D eigenvalue weighted by molar-refractivity contribution is -0.0498. The summed E-state index contributed by atoms with van der Waals surface area (Å²) in [6.07, 6.45) is 0. The number of hydrogen-bond acceptors (Lipinski definition) is 3. The number of hydrogen-bond donors (Lipinski definition) is 0. The number of aromatic nitrogens is 3. The second-order valence-electron chi connectivity index (χ2n) is 5.25. The van der Waals surface area contributed by atoms with Gasteiger partial charge in [0.2, 0.25) is 5.28 Å². The Balaban J connectivity index is 2.40. The fourth-order valence-corrected chi connectivity index (χ4v) is 1.97. The summed E-state index contributed by atoms with van der Waals surface area (Å²) < 4.78 is 30.2. The molecule has 0 N–H and O–H groups in total. The smallest absolute Gasteiger partial charge is 0.387 e. The first kappa shape index (κ1) is 14.7. The molecule has 1 aromatic heterocycles. The summed E-state index contributed by atoms with van der Waals surface area (Å²) in [7, 11) is 0. The van der Waals surface area contributed by atoms with Crippen molar-refractivity contribution in [3.63, 3.8) is 0 Å². The highest BCUT2D eigenvalue weighted by Crippen LogP contribution is 2.27. The van der Waals surface area contributed by atoms with Crippen molar-refractivity contribution in [1.82, 2.24) is 14.8 Å². The van der Waals surface area contributed by atoms with Crippen LogP contribution in [0.25, 0.3) is 5.69 Å². The highest BCUT2D eigenvalue weighted by Gasteiger charge is 2.24. The molecule has 0 radical (unpaired) electrons. The van der Waals surface area contributed by atoms with Gasteiger partial charge in [-0.15, -0.1) is 10.2 Å². The maximum Gasteiger partial charge on any atom is 0.387 e. The first-order chi connectivity index (χ1) is 9.29. The van der Waals surface area contributed by atoms with Crippen molar-refractivity contribution >= 4 is 11.6 Å². The van der Waals surface area contributed by atoms with Crippen molar-refractivity contribution in [3.8, 4) is 11.4 Å². The molecule has 0 bridgehead atoms. The van der Waals surface area contributed by atoms with E-state index in [0.717, 1.165) is 0 Å². The van der Waals surface area contributed by atoms with Crippen LogP contribution in [0.2, 0.25) is 5.28 Å². The molecule has 0 aliphatic rings. The third-order valence-corrected chi connectivity index (χ3v) is 2.86. The molecule has 108 valence electrons. The van der Waals surface area contributed by atoms with Gasteiger partial charge in [0.25, 0.3) is 0 Å². The zero-order valence-corrected chi connectivity index (χ0v) is 12.0. The van der Waals surface area contributed by atoms with E-state index < -0.39 is 6.61 Å². The second kappa shape index (κ2) is 5.36. The van der Waals surface area contributed by atoms with E-state index in [1.165, 1.54) is 12.1 Å². The zero-order chi connectivity index (χ0) is 14.9. The molecular formula is C13H14ClF2N3O. The van der Waals surface area contributed by atoms with Gasteiger partial charge < -0.3 is 4.74 Å². The van der Waals surface area contributed by atoms with Crippen LogP contribution < -0.4 is 4.74 Å². The molecule has 0 atom stereocenters. The molecule has 0 saturated carbocycles. The van der Waals surface area contributed by atoms with Gasteiger partial charge in [0.15, 0.2) is 0 Å². The topological polar surface area (TPSA) is 39.9 Å². The van der Waals surface area contributed by atoms with Gasteiger partial charge in [0, 0.05) is 5.41 Å². The summed E-state index contributed by atoms with van der Waals surface area (Å²) >= 11 is 6.05. The normalized spacial score (nSPS) is 11.9. The Morgan fingerprint density at radius 2 is 1.75 bits per heavy atom. The van der Waals surface area contributed by atoms with Crippen LogP contribution in [-0.4, -0.2) is 21.4 Å². The monoisotopic (exact) mass is 301 g/mol. The molecule has 0 saturated heterocycles. The van der Waals surface area contributed by atoms with E-state index in [2.05, 4.69) is 14.9 Å². The largest absolute Gasteiger partial charge is 0.435 e. The Labute approximate surface area is 120 Å². The van der Waals surface area contributed by atoms with Crippen molar-refractivity contribution in [2.75, 3.05) is 0 Å². The quantitative estimate of drug-likeness (QED) is 0.865. The molecule has 4 nitrogen and oxygen atoms in total. The number of nitrogens with zero attached hydrogens (tertiary/aromatic N) is 3. The fraction of sp³-hybridized carbons (Fsp3) is 0.385. The molecule has 0 aliphatic heterocycles. The number of benzene rings is 1. The van der Waals surface area contributed by atoms with E-state index in [1.54, 1.807) is 16.7 Å². The van der Waals surface area contributed by atoms with E-state index in [1.807, 2.05) is 20.8 Å². The minimum Gasteiger partial charge on any atom is -0.435 e. The van der Waals surface area contributed by atoms with Gasteiger partial charge in [0.1, 0.15) is 11.6 Å². The Morgan fingerprint density at radius 3 is 2.25 bits per heavy atom. The van der Waals surface area contributed by atoms with Crippen LogP contribution in [0.4, 0.5) is 8.78 Å².